The van der Waals surface area contributed by atoms with E-state index in [9.17, 15) is 18.6 Å². The SMILES string of the molecule is CCOC(=O)C(CCOS(C)=O)Oc1cc(Oc2ccc(C(=O)N3CCC3)nc2)cc(C(=O)Nc2cnc(C)cn2)c1. The number of hydrogen-bond acceptors (Lipinski definition) is 11. The number of benzene rings is 1. The number of nitrogens with zero attached hydrogens (tertiary/aromatic N) is 4. The molecule has 3 heterocycles. The average molecular weight is 598 g/mol. The summed E-state index contributed by atoms with van der Waals surface area (Å²) in [7, 11) is 0. The first kappa shape index (κ1) is 30.5. The highest BCUT2D eigenvalue weighted by Crippen LogP contribution is 2.29. The summed E-state index contributed by atoms with van der Waals surface area (Å²) in [5.41, 5.74) is 1.12. The van der Waals surface area contributed by atoms with Gasteiger partial charge >= 0.3 is 5.97 Å². The van der Waals surface area contributed by atoms with Crippen molar-refractivity contribution in [3.8, 4) is 17.2 Å². The van der Waals surface area contributed by atoms with E-state index < -0.39 is 29.1 Å². The summed E-state index contributed by atoms with van der Waals surface area (Å²) in [6.45, 7) is 4.94. The number of hydrogen-bond donors (Lipinski definition) is 1. The molecule has 222 valence electrons. The maximum absolute atomic E-state index is 13.2. The molecular weight excluding hydrogens is 566 g/mol. The van der Waals surface area contributed by atoms with E-state index in [4.69, 9.17) is 18.4 Å². The van der Waals surface area contributed by atoms with Gasteiger partial charge in [-0.1, -0.05) is 0 Å². The van der Waals surface area contributed by atoms with Gasteiger partial charge in [0.05, 0.1) is 37.5 Å². The topological polar surface area (TPSA) is 159 Å². The molecule has 1 N–H and O–H groups in total. The third-order valence-electron chi connectivity index (χ3n) is 5.96. The van der Waals surface area contributed by atoms with Crippen LogP contribution in [0.15, 0.2) is 48.9 Å². The van der Waals surface area contributed by atoms with Crippen LogP contribution in [0.4, 0.5) is 5.82 Å². The number of amides is 2. The smallest absolute Gasteiger partial charge is 0.347 e. The largest absolute Gasteiger partial charge is 0.478 e. The number of ether oxygens (including phenoxy) is 3. The van der Waals surface area contributed by atoms with Crippen LogP contribution in [0.1, 0.15) is 46.3 Å². The fourth-order valence-electron chi connectivity index (χ4n) is 3.76. The molecule has 42 heavy (non-hydrogen) atoms. The summed E-state index contributed by atoms with van der Waals surface area (Å²) < 4.78 is 33.4. The van der Waals surface area contributed by atoms with Crippen LogP contribution in [-0.2, 0) is 24.8 Å². The minimum atomic E-state index is -1.53. The van der Waals surface area contributed by atoms with Gasteiger partial charge in [0, 0.05) is 37.4 Å². The summed E-state index contributed by atoms with van der Waals surface area (Å²) >= 11 is -1.53. The third kappa shape index (κ3) is 8.54. The molecule has 1 aliphatic heterocycles. The highest BCUT2D eigenvalue weighted by molar-refractivity contribution is 7.79. The fourth-order valence-corrected chi connectivity index (χ4v) is 4.09. The molecule has 2 unspecified atom stereocenters. The number of esters is 1. The lowest BCUT2D eigenvalue weighted by Gasteiger charge is -2.30. The minimum Gasteiger partial charge on any atom is -0.478 e. The Bertz CT molecular complexity index is 1430. The van der Waals surface area contributed by atoms with Crippen LogP contribution in [0.3, 0.4) is 0 Å². The average Bonchev–Trinajstić information content (AvgIpc) is 2.93. The Morgan fingerprint density at radius 1 is 1.02 bits per heavy atom. The number of nitrogens with one attached hydrogen (secondary N) is 1. The van der Waals surface area contributed by atoms with Crippen molar-refractivity contribution in [2.75, 3.05) is 37.9 Å². The zero-order valence-electron chi connectivity index (χ0n) is 23.4. The molecule has 14 heteroatoms. The molecule has 0 bridgehead atoms. The van der Waals surface area contributed by atoms with Crippen LogP contribution in [0.2, 0.25) is 0 Å². The summed E-state index contributed by atoms with van der Waals surface area (Å²) in [5, 5.41) is 2.66. The van der Waals surface area contributed by atoms with E-state index in [1.54, 1.807) is 30.9 Å². The van der Waals surface area contributed by atoms with Gasteiger partial charge < -0.3 is 24.4 Å². The van der Waals surface area contributed by atoms with Crippen LogP contribution in [0.25, 0.3) is 0 Å². The summed E-state index contributed by atoms with van der Waals surface area (Å²) in [6.07, 6.45) is 5.62. The van der Waals surface area contributed by atoms with E-state index in [1.807, 2.05) is 0 Å². The quantitative estimate of drug-likeness (QED) is 0.289. The second kappa shape index (κ2) is 14.5. The highest BCUT2D eigenvalue weighted by atomic mass is 32.2. The summed E-state index contributed by atoms with van der Waals surface area (Å²) in [4.78, 5) is 52.4. The molecule has 2 aromatic heterocycles. The van der Waals surface area contributed by atoms with Gasteiger partial charge in [-0.2, -0.15) is 0 Å². The predicted molar refractivity (Wildman–Crippen MR) is 152 cm³/mol. The lowest BCUT2D eigenvalue weighted by molar-refractivity contribution is -0.152. The Kier molecular flexibility index (Phi) is 10.5. The number of likely N-dealkylation sites (tertiary alicyclic amines) is 1. The molecular formula is C28H31N5O8S. The van der Waals surface area contributed by atoms with Crippen LogP contribution >= 0.6 is 0 Å². The first-order chi connectivity index (χ1) is 20.2. The molecule has 0 saturated carbocycles. The number of pyridine rings is 1. The Balaban J connectivity index is 1.59. The van der Waals surface area contributed by atoms with E-state index in [0.29, 0.717) is 30.2 Å². The van der Waals surface area contributed by atoms with Gasteiger partial charge in [-0.05, 0) is 44.5 Å². The van der Waals surface area contributed by atoms with E-state index >= 15 is 0 Å². The maximum Gasteiger partial charge on any atom is 0.347 e. The zero-order valence-corrected chi connectivity index (χ0v) is 24.2. The van der Waals surface area contributed by atoms with Gasteiger partial charge in [-0.25, -0.2) is 19.0 Å². The van der Waals surface area contributed by atoms with E-state index in [0.717, 1.165) is 6.42 Å². The van der Waals surface area contributed by atoms with E-state index in [-0.39, 0.29) is 48.4 Å². The molecule has 1 fully saturated rings. The van der Waals surface area contributed by atoms with Gasteiger partial charge in [-0.3, -0.25) is 18.8 Å². The monoisotopic (exact) mass is 597 g/mol. The number of aromatic nitrogens is 3. The summed E-state index contributed by atoms with van der Waals surface area (Å²) in [6, 6.07) is 7.56. The van der Waals surface area contributed by atoms with Crippen molar-refractivity contribution in [2.24, 2.45) is 0 Å². The van der Waals surface area contributed by atoms with E-state index in [1.165, 1.54) is 43.0 Å². The Hall–Kier alpha value is -4.43. The molecule has 13 nitrogen and oxygen atoms in total. The van der Waals surface area contributed by atoms with Crippen molar-refractivity contribution in [3.63, 3.8) is 0 Å². The third-order valence-corrected chi connectivity index (χ3v) is 6.45. The molecule has 4 rings (SSSR count). The molecule has 2 atom stereocenters. The Labute approximate surface area is 245 Å². The van der Waals surface area contributed by atoms with Crippen LogP contribution in [0, 0.1) is 6.92 Å². The van der Waals surface area contributed by atoms with Crippen molar-refractivity contribution in [1.82, 2.24) is 19.9 Å². The molecule has 1 saturated heterocycles. The molecule has 1 aliphatic rings. The van der Waals surface area contributed by atoms with Crippen LogP contribution < -0.4 is 14.8 Å². The van der Waals surface area contributed by atoms with Crippen LogP contribution in [-0.4, -0.2) is 80.5 Å². The maximum atomic E-state index is 13.2. The van der Waals surface area contributed by atoms with Gasteiger partial charge in [0.15, 0.2) is 23.0 Å². The van der Waals surface area contributed by atoms with Gasteiger partial charge in [-0.15, -0.1) is 0 Å². The van der Waals surface area contributed by atoms with Crippen molar-refractivity contribution >= 4 is 34.7 Å². The van der Waals surface area contributed by atoms with Crippen LogP contribution in [0.5, 0.6) is 17.2 Å². The molecule has 0 spiro atoms. The number of rotatable bonds is 13. The standard InChI is InChI=1S/C28H31N5O8S/c1-4-38-28(36)24(8-11-39-42(3)37)41-22-13-19(26(34)32-25-17-29-18(2)15-31-25)12-21(14-22)40-20-6-7-23(30-16-20)27(35)33-9-5-10-33/h6-7,12-17,24H,4-5,8-11H2,1-3H3,(H,31,32,34). The number of carbonyl (C=O) groups excluding carboxylic acids is 3. The molecule has 1 aromatic carbocycles. The zero-order chi connectivity index (χ0) is 30.1. The number of anilines is 1. The number of carbonyl (C=O) groups is 3. The molecule has 0 radical (unpaired) electrons. The second-order valence-electron chi connectivity index (χ2n) is 9.19. The predicted octanol–water partition coefficient (Wildman–Crippen LogP) is 3.08. The van der Waals surface area contributed by atoms with Gasteiger partial charge in [0.25, 0.3) is 11.8 Å². The molecule has 2 amide bonds. The molecule has 3 aromatic rings. The number of aryl methyl sites for hydroxylation is 1. The lowest BCUT2D eigenvalue weighted by Crippen LogP contribution is -2.42. The second-order valence-corrected chi connectivity index (χ2v) is 10.2. The first-order valence-corrected chi connectivity index (χ1v) is 14.7. The van der Waals surface area contributed by atoms with Gasteiger partial charge in [0.1, 0.15) is 22.9 Å². The van der Waals surface area contributed by atoms with Crippen molar-refractivity contribution in [3.05, 3.63) is 65.9 Å². The van der Waals surface area contributed by atoms with Crippen molar-refractivity contribution < 1.29 is 37.0 Å². The Morgan fingerprint density at radius 3 is 2.43 bits per heavy atom. The minimum absolute atomic E-state index is 0.0314. The first-order valence-electron chi connectivity index (χ1n) is 13.2. The van der Waals surface area contributed by atoms with Gasteiger partial charge in [0.2, 0.25) is 0 Å². The summed E-state index contributed by atoms with van der Waals surface area (Å²) in [5.74, 6) is -0.465. The lowest BCUT2D eigenvalue weighted by atomic mass is 10.1. The van der Waals surface area contributed by atoms with Crippen molar-refractivity contribution in [1.29, 1.82) is 0 Å². The van der Waals surface area contributed by atoms with Crippen molar-refractivity contribution in [2.45, 2.75) is 32.8 Å². The van der Waals surface area contributed by atoms with E-state index in [2.05, 4.69) is 20.3 Å². The fraction of sp³-hybridized carbons (Fsp3) is 0.357. The normalized spacial score (nSPS) is 13.8. The Morgan fingerprint density at radius 2 is 1.81 bits per heavy atom. The molecule has 0 aliphatic carbocycles. The highest BCUT2D eigenvalue weighted by Gasteiger charge is 2.24.